The number of fused-ring (bicyclic) bond motifs is 1. The summed E-state index contributed by atoms with van der Waals surface area (Å²) < 4.78 is 5.36. The maximum Gasteiger partial charge on any atom is 0.232 e. The van der Waals surface area contributed by atoms with Crippen LogP contribution in [-0.2, 0) is 0 Å². The maximum absolute atomic E-state index is 5.36. The molecule has 1 aliphatic rings. The van der Waals surface area contributed by atoms with Crippen molar-refractivity contribution in [1.82, 2.24) is 24.9 Å². The smallest absolute Gasteiger partial charge is 0.232 e. The Bertz CT molecular complexity index is 848. The highest BCUT2D eigenvalue weighted by Gasteiger charge is 2.28. The molecule has 0 bridgehead atoms. The van der Waals surface area contributed by atoms with Gasteiger partial charge in [0.15, 0.2) is 0 Å². The summed E-state index contributed by atoms with van der Waals surface area (Å²) in [5, 5.41) is 1.06. The first-order valence-corrected chi connectivity index (χ1v) is 8.47. The average molecular weight is 339 g/mol. The summed E-state index contributed by atoms with van der Waals surface area (Å²) >= 11 is 0. The molecular weight excluding hydrogens is 318 g/mol. The van der Waals surface area contributed by atoms with E-state index in [1.54, 1.807) is 18.7 Å². The molecule has 25 heavy (non-hydrogen) atoms. The van der Waals surface area contributed by atoms with Crippen LogP contribution >= 0.6 is 0 Å². The Kier molecular flexibility index (Phi) is 4.09. The minimum absolute atomic E-state index is 0.358. The molecule has 8 nitrogen and oxygen atoms in total. The Morgan fingerprint density at radius 2 is 2.20 bits per heavy atom. The largest absolute Gasteiger partial charge is 0.477 e. The van der Waals surface area contributed by atoms with Crippen LogP contribution in [0.3, 0.4) is 0 Å². The highest BCUT2D eigenvalue weighted by molar-refractivity contribution is 5.87. The molecule has 0 saturated carbocycles. The summed E-state index contributed by atoms with van der Waals surface area (Å²) in [5.74, 6) is 2.40. The first-order chi connectivity index (χ1) is 12.3. The molecule has 3 aromatic rings. The van der Waals surface area contributed by atoms with Crippen LogP contribution in [0.1, 0.15) is 13.3 Å². The van der Waals surface area contributed by atoms with E-state index in [0.29, 0.717) is 18.5 Å². The molecule has 130 valence electrons. The van der Waals surface area contributed by atoms with Crippen molar-refractivity contribution in [3.8, 4) is 5.88 Å². The highest BCUT2D eigenvalue weighted by Crippen LogP contribution is 2.28. The van der Waals surface area contributed by atoms with Crippen molar-refractivity contribution in [2.75, 3.05) is 36.5 Å². The molecular formula is C17H21N7O. The monoisotopic (exact) mass is 339 g/mol. The average Bonchev–Trinajstić information content (AvgIpc) is 3.31. The number of hydrogen-bond acceptors (Lipinski definition) is 7. The van der Waals surface area contributed by atoms with Gasteiger partial charge in [-0.2, -0.15) is 0 Å². The first-order valence-electron chi connectivity index (χ1n) is 8.47. The molecule has 8 heteroatoms. The van der Waals surface area contributed by atoms with Crippen molar-refractivity contribution < 1.29 is 4.74 Å². The number of H-pyrrole nitrogens is 1. The third-order valence-corrected chi connectivity index (χ3v) is 4.61. The van der Waals surface area contributed by atoms with Gasteiger partial charge in [0.1, 0.15) is 23.6 Å². The van der Waals surface area contributed by atoms with Gasteiger partial charge in [0.25, 0.3) is 0 Å². The van der Waals surface area contributed by atoms with Gasteiger partial charge in [0.05, 0.1) is 24.4 Å². The summed E-state index contributed by atoms with van der Waals surface area (Å²) in [6, 6.07) is 2.39. The van der Waals surface area contributed by atoms with Gasteiger partial charge in [-0.3, -0.25) is 0 Å². The van der Waals surface area contributed by atoms with Crippen molar-refractivity contribution in [2.45, 2.75) is 19.4 Å². The van der Waals surface area contributed by atoms with Gasteiger partial charge >= 0.3 is 0 Å². The van der Waals surface area contributed by atoms with Gasteiger partial charge in [0.2, 0.25) is 5.88 Å². The fraction of sp³-hybridized carbons (Fsp3) is 0.412. The van der Waals surface area contributed by atoms with Crippen LogP contribution in [0.15, 0.2) is 31.0 Å². The second-order valence-electron chi connectivity index (χ2n) is 6.08. The number of ether oxygens (including phenoxy) is 1. The number of hydrogen-bond donors (Lipinski definition) is 1. The predicted octanol–water partition coefficient (Wildman–Crippen LogP) is 1.86. The van der Waals surface area contributed by atoms with Gasteiger partial charge in [-0.1, -0.05) is 0 Å². The Labute approximate surface area is 145 Å². The van der Waals surface area contributed by atoms with E-state index in [2.05, 4.69) is 41.8 Å². The van der Waals surface area contributed by atoms with Crippen LogP contribution in [0.4, 0.5) is 11.6 Å². The lowest BCUT2D eigenvalue weighted by atomic mass is 10.2. The van der Waals surface area contributed by atoms with Crippen LogP contribution in [0.2, 0.25) is 0 Å². The number of nitrogens with zero attached hydrogens (tertiary/aromatic N) is 6. The van der Waals surface area contributed by atoms with Crippen LogP contribution in [-0.4, -0.2) is 57.7 Å². The molecule has 1 fully saturated rings. The number of aromatic nitrogens is 5. The van der Waals surface area contributed by atoms with Crippen LogP contribution in [0, 0.1) is 0 Å². The number of likely N-dealkylation sites (N-methyl/N-ethyl adjacent to an activating group) is 1. The van der Waals surface area contributed by atoms with Crippen LogP contribution in [0.5, 0.6) is 5.88 Å². The summed E-state index contributed by atoms with van der Waals surface area (Å²) in [4.78, 5) is 25.2. The minimum Gasteiger partial charge on any atom is -0.477 e. The van der Waals surface area contributed by atoms with Crippen molar-refractivity contribution >= 4 is 22.7 Å². The fourth-order valence-electron chi connectivity index (χ4n) is 3.26. The minimum atomic E-state index is 0.358. The third-order valence-electron chi connectivity index (χ3n) is 4.61. The molecule has 1 saturated heterocycles. The summed E-state index contributed by atoms with van der Waals surface area (Å²) in [5.41, 5.74) is 0.874. The molecule has 0 radical (unpaired) electrons. The Morgan fingerprint density at radius 3 is 3.00 bits per heavy atom. The fourth-order valence-corrected chi connectivity index (χ4v) is 3.26. The van der Waals surface area contributed by atoms with E-state index in [0.717, 1.165) is 42.2 Å². The van der Waals surface area contributed by atoms with Gasteiger partial charge < -0.3 is 19.5 Å². The molecule has 1 N–H and O–H groups in total. The van der Waals surface area contributed by atoms with E-state index in [1.165, 1.54) is 0 Å². The molecule has 1 aliphatic heterocycles. The van der Waals surface area contributed by atoms with E-state index in [4.69, 9.17) is 4.74 Å². The van der Waals surface area contributed by atoms with Gasteiger partial charge in [-0.15, -0.1) is 0 Å². The number of nitrogens with one attached hydrogen (secondary N) is 1. The topological polar surface area (TPSA) is 83.1 Å². The molecule has 4 rings (SSSR count). The van der Waals surface area contributed by atoms with Crippen LogP contribution in [0.25, 0.3) is 11.0 Å². The van der Waals surface area contributed by atoms with Crippen molar-refractivity contribution in [1.29, 1.82) is 0 Å². The van der Waals surface area contributed by atoms with Crippen molar-refractivity contribution in [2.24, 2.45) is 0 Å². The number of anilines is 2. The summed E-state index contributed by atoms with van der Waals surface area (Å²) in [6.07, 6.45) is 8.00. The van der Waals surface area contributed by atoms with Gasteiger partial charge in [-0.25, -0.2) is 19.9 Å². The second kappa shape index (κ2) is 6.54. The lowest BCUT2D eigenvalue weighted by Crippen LogP contribution is -2.35. The van der Waals surface area contributed by atoms with E-state index in [9.17, 15) is 0 Å². The molecule has 1 unspecified atom stereocenters. The second-order valence-corrected chi connectivity index (χ2v) is 6.08. The SMILES string of the molecule is CCOc1cnc(N(C)C2CCN(c3ncnc4[nH]ccc34)C2)cn1. The summed E-state index contributed by atoms with van der Waals surface area (Å²) in [7, 11) is 2.06. The van der Waals surface area contributed by atoms with Gasteiger partial charge in [0, 0.05) is 32.4 Å². The molecule has 0 aromatic carbocycles. The summed E-state index contributed by atoms with van der Waals surface area (Å²) in [6.45, 7) is 4.37. The Morgan fingerprint density at radius 1 is 1.28 bits per heavy atom. The quantitative estimate of drug-likeness (QED) is 0.759. The molecule has 3 aromatic heterocycles. The zero-order chi connectivity index (χ0) is 17.2. The lowest BCUT2D eigenvalue weighted by Gasteiger charge is -2.26. The lowest BCUT2D eigenvalue weighted by molar-refractivity contribution is 0.325. The maximum atomic E-state index is 5.36. The van der Waals surface area contributed by atoms with E-state index in [-0.39, 0.29) is 0 Å². The van der Waals surface area contributed by atoms with E-state index >= 15 is 0 Å². The van der Waals surface area contributed by atoms with Gasteiger partial charge in [-0.05, 0) is 19.4 Å². The molecule has 0 aliphatic carbocycles. The standard InChI is InChI=1S/C17H21N7O/c1-3-25-15-9-19-14(8-20-15)23(2)12-5-7-24(10-12)17-13-4-6-18-16(13)21-11-22-17/h4,6,8-9,11-12H,3,5,7,10H2,1-2H3,(H,18,21,22). The van der Waals surface area contributed by atoms with Crippen molar-refractivity contribution in [3.63, 3.8) is 0 Å². The molecule has 0 amide bonds. The molecule has 4 heterocycles. The predicted molar refractivity (Wildman–Crippen MR) is 96.1 cm³/mol. The zero-order valence-electron chi connectivity index (χ0n) is 14.4. The first kappa shape index (κ1) is 15.6. The Balaban J connectivity index is 1.49. The normalized spacial score (nSPS) is 17.2. The van der Waals surface area contributed by atoms with Crippen molar-refractivity contribution in [3.05, 3.63) is 31.0 Å². The number of rotatable bonds is 5. The molecule has 1 atom stereocenters. The van der Waals surface area contributed by atoms with Crippen LogP contribution < -0.4 is 14.5 Å². The van der Waals surface area contributed by atoms with E-state index in [1.807, 2.05) is 19.2 Å². The molecule has 0 spiro atoms. The zero-order valence-corrected chi connectivity index (χ0v) is 14.4. The third kappa shape index (κ3) is 2.95. The number of aromatic amines is 1. The Hall–Kier alpha value is -2.90. The highest BCUT2D eigenvalue weighted by atomic mass is 16.5. The van der Waals surface area contributed by atoms with E-state index < -0.39 is 0 Å².